The number of pyridine rings is 1. The molecule has 0 atom stereocenters. The van der Waals surface area contributed by atoms with Gasteiger partial charge in [0, 0.05) is 41.9 Å². The molecular weight excluding hydrogens is 434 g/mol. The summed E-state index contributed by atoms with van der Waals surface area (Å²) in [5.41, 5.74) is 2.66. The summed E-state index contributed by atoms with van der Waals surface area (Å²) in [4.78, 5) is 41.7. The van der Waals surface area contributed by atoms with Crippen LogP contribution in [0.15, 0.2) is 59.9 Å². The van der Waals surface area contributed by atoms with Gasteiger partial charge in [-0.2, -0.15) is 0 Å². The zero-order valence-corrected chi connectivity index (χ0v) is 18.6. The van der Waals surface area contributed by atoms with E-state index in [9.17, 15) is 9.59 Å². The fourth-order valence-electron chi connectivity index (χ4n) is 3.88. The highest BCUT2D eigenvalue weighted by Crippen LogP contribution is 2.32. The van der Waals surface area contributed by atoms with Gasteiger partial charge in [-0.3, -0.25) is 24.9 Å². The molecule has 5 rings (SSSR count). The number of carbonyl (C=O) groups excluding carboxylic acids is 2. The van der Waals surface area contributed by atoms with Crippen molar-refractivity contribution in [2.75, 3.05) is 19.5 Å². The second kappa shape index (κ2) is 8.78. The number of allylic oxidation sites excluding steroid dienone is 1. The quantitative estimate of drug-likeness (QED) is 0.401. The first-order chi connectivity index (χ1) is 16.6. The number of imidazole rings is 1. The van der Waals surface area contributed by atoms with Gasteiger partial charge in [-0.05, 0) is 35.7 Å². The average Bonchev–Trinajstić information content (AvgIpc) is 3.51. The Labute approximate surface area is 194 Å². The Morgan fingerprint density at radius 1 is 1.09 bits per heavy atom. The number of ether oxygens (including phenoxy) is 2. The molecule has 0 spiro atoms. The first-order valence-corrected chi connectivity index (χ1v) is 10.6. The first kappa shape index (κ1) is 21.3. The molecule has 0 radical (unpaired) electrons. The van der Waals surface area contributed by atoms with E-state index in [1.807, 2.05) is 6.08 Å². The summed E-state index contributed by atoms with van der Waals surface area (Å²) in [5.74, 6) is 0.863. The van der Waals surface area contributed by atoms with E-state index in [-0.39, 0.29) is 23.8 Å². The summed E-state index contributed by atoms with van der Waals surface area (Å²) in [6, 6.07) is 10.6. The van der Waals surface area contributed by atoms with Crippen LogP contribution in [-0.4, -0.2) is 46.6 Å². The molecule has 34 heavy (non-hydrogen) atoms. The topological polar surface area (TPSA) is 119 Å². The Hall–Kier alpha value is -4.53. The molecule has 0 bridgehead atoms. The van der Waals surface area contributed by atoms with Gasteiger partial charge < -0.3 is 14.5 Å². The Balaban J connectivity index is 1.40. The fraction of sp³-hybridized carbons (Fsp3) is 0.160. The largest absolute Gasteiger partial charge is 0.493 e. The fourth-order valence-corrected chi connectivity index (χ4v) is 3.88. The van der Waals surface area contributed by atoms with Gasteiger partial charge in [-0.15, -0.1) is 0 Å². The smallest absolute Gasteiger partial charge is 0.276 e. The molecule has 1 aliphatic heterocycles. The predicted molar refractivity (Wildman–Crippen MR) is 129 cm³/mol. The van der Waals surface area contributed by atoms with E-state index in [1.165, 1.54) is 0 Å². The van der Waals surface area contributed by atoms with E-state index in [2.05, 4.69) is 25.3 Å². The second-order valence-electron chi connectivity index (χ2n) is 7.75. The van der Waals surface area contributed by atoms with Gasteiger partial charge >= 0.3 is 0 Å². The summed E-state index contributed by atoms with van der Waals surface area (Å²) in [6.07, 6.45) is 6.14. The lowest BCUT2D eigenvalue weighted by Crippen LogP contribution is -2.14. The van der Waals surface area contributed by atoms with E-state index in [0.29, 0.717) is 34.5 Å². The number of aromatic amines is 1. The minimum atomic E-state index is -0.435. The summed E-state index contributed by atoms with van der Waals surface area (Å²) in [7, 11) is 3.11. The number of rotatable bonds is 7. The monoisotopic (exact) mass is 455 g/mol. The van der Waals surface area contributed by atoms with Gasteiger partial charge in [0.15, 0.2) is 17.3 Å². The highest BCUT2D eigenvalue weighted by Gasteiger charge is 2.18. The van der Waals surface area contributed by atoms with Crippen molar-refractivity contribution in [3.63, 3.8) is 0 Å². The maximum Gasteiger partial charge on any atom is 0.276 e. The molecule has 1 amide bonds. The minimum absolute atomic E-state index is 0.0713. The normalized spacial score (nSPS) is 12.7. The molecule has 2 aromatic heterocycles. The van der Waals surface area contributed by atoms with Crippen molar-refractivity contribution >= 4 is 45.2 Å². The maximum absolute atomic E-state index is 12.9. The summed E-state index contributed by atoms with van der Waals surface area (Å²) in [5, 5.41) is 4.32. The third-order valence-corrected chi connectivity index (χ3v) is 5.58. The number of fused-ring (bicyclic) bond motifs is 2. The Kier molecular flexibility index (Phi) is 5.51. The molecule has 2 aromatic carbocycles. The van der Waals surface area contributed by atoms with Gasteiger partial charge in [-0.1, -0.05) is 12.1 Å². The first-order valence-electron chi connectivity index (χ1n) is 10.6. The number of carbonyl (C=O) groups is 2. The summed E-state index contributed by atoms with van der Waals surface area (Å²) in [6.45, 7) is 0. The van der Waals surface area contributed by atoms with Gasteiger partial charge in [0.05, 0.1) is 19.7 Å². The van der Waals surface area contributed by atoms with Crippen LogP contribution in [-0.2, 0) is 0 Å². The van der Waals surface area contributed by atoms with Gasteiger partial charge in [0.2, 0.25) is 5.95 Å². The number of aromatic nitrogens is 3. The van der Waals surface area contributed by atoms with Crippen LogP contribution < -0.4 is 14.8 Å². The summed E-state index contributed by atoms with van der Waals surface area (Å²) >= 11 is 0. The molecule has 2 N–H and O–H groups in total. The number of para-hydroxylation sites is 1. The number of amides is 1. The molecule has 9 heteroatoms. The minimum Gasteiger partial charge on any atom is -0.493 e. The van der Waals surface area contributed by atoms with Crippen molar-refractivity contribution in [3.05, 3.63) is 66.1 Å². The van der Waals surface area contributed by atoms with E-state index < -0.39 is 5.91 Å². The molecule has 1 aliphatic rings. The Morgan fingerprint density at radius 2 is 1.88 bits per heavy atom. The van der Waals surface area contributed by atoms with Crippen LogP contribution in [0.25, 0.3) is 21.8 Å². The lowest BCUT2D eigenvalue weighted by Gasteiger charge is -2.09. The molecule has 170 valence electrons. The zero-order valence-electron chi connectivity index (χ0n) is 18.6. The Morgan fingerprint density at radius 3 is 2.62 bits per heavy atom. The van der Waals surface area contributed by atoms with Crippen molar-refractivity contribution < 1.29 is 19.1 Å². The van der Waals surface area contributed by atoms with Crippen LogP contribution in [0, 0.1) is 0 Å². The number of ketones is 1. The standard InChI is InChI=1S/C25H21N5O4/c1-33-21-10-14-9-19(27-13-15(14)11-22(21)34-2)24(32)30-25-28-18-7-3-6-17(23(18)29-25)20(31)12-16-5-4-8-26-16/h3-4,6-11,13H,5,12H2,1-2H3,(H2,28,29,30,32). The third-order valence-electron chi connectivity index (χ3n) is 5.58. The highest BCUT2D eigenvalue weighted by molar-refractivity contribution is 6.15. The van der Waals surface area contributed by atoms with E-state index in [4.69, 9.17) is 9.47 Å². The van der Waals surface area contributed by atoms with Crippen molar-refractivity contribution in [2.45, 2.75) is 12.8 Å². The number of H-pyrrole nitrogens is 1. The van der Waals surface area contributed by atoms with Crippen LogP contribution in [0.1, 0.15) is 33.7 Å². The van der Waals surface area contributed by atoms with Crippen molar-refractivity contribution in [3.8, 4) is 11.5 Å². The summed E-state index contributed by atoms with van der Waals surface area (Å²) < 4.78 is 10.7. The average molecular weight is 455 g/mol. The lowest BCUT2D eigenvalue weighted by atomic mass is 10.0. The van der Waals surface area contributed by atoms with E-state index in [0.717, 1.165) is 16.5 Å². The number of nitrogens with zero attached hydrogens (tertiary/aromatic N) is 3. The lowest BCUT2D eigenvalue weighted by molar-refractivity contribution is 0.0998. The number of benzene rings is 2. The number of aliphatic imine (C=N–C) groups is 1. The molecule has 0 saturated heterocycles. The molecule has 0 aliphatic carbocycles. The van der Waals surface area contributed by atoms with E-state index >= 15 is 0 Å². The molecule has 3 heterocycles. The van der Waals surface area contributed by atoms with Crippen LogP contribution in [0.5, 0.6) is 11.5 Å². The molecule has 0 saturated carbocycles. The number of anilines is 1. The Bertz CT molecular complexity index is 1500. The maximum atomic E-state index is 12.9. The van der Waals surface area contributed by atoms with Crippen LogP contribution in [0.2, 0.25) is 0 Å². The molecule has 0 fully saturated rings. The van der Waals surface area contributed by atoms with Crippen molar-refractivity contribution in [1.29, 1.82) is 0 Å². The second-order valence-corrected chi connectivity index (χ2v) is 7.75. The molecule has 0 unspecified atom stereocenters. The number of hydrogen-bond donors (Lipinski definition) is 2. The van der Waals surface area contributed by atoms with Crippen molar-refractivity contribution in [1.82, 2.24) is 15.0 Å². The number of hydrogen-bond acceptors (Lipinski definition) is 7. The SMILES string of the molecule is COc1cc2cnc(C(=O)Nc3nc4c(C(=O)CC5=NC=CC5)cccc4[nH]3)cc2cc1OC. The van der Waals surface area contributed by atoms with Crippen LogP contribution >= 0.6 is 0 Å². The van der Waals surface area contributed by atoms with Gasteiger partial charge in [0.25, 0.3) is 5.91 Å². The van der Waals surface area contributed by atoms with Gasteiger partial charge in [-0.25, -0.2) is 4.98 Å². The number of nitrogens with one attached hydrogen (secondary N) is 2. The molecule has 9 nitrogen and oxygen atoms in total. The van der Waals surface area contributed by atoms with Crippen molar-refractivity contribution in [2.24, 2.45) is 4.99 Å². The number of methoxy groups -OCH3 is 2. The van der Waals surface area contributed by atoms with Crippen LogP contribution in [0.3, 0.4) is 0 Å². The zero-order chi connectivity index (χ0) is 23.7. The van der Waals surface area contributed by atoms with E-state index in [1.54, 1.807) is 63.0 Å². The molecule has 4 aromatic rings. The predicted octanol–water partition coefficient (Wildman–Crippen LogP) is 4.31. The molecular formula is C25H21N5O4. The van der Waals surface area contributed by atoms with Gasteiger partial charge in [0.1, 0.15) is 11.2 Å². The van der Waals surface area contributed by atoms with Crippen LogP contribution in [0.4, 0.5) is 5.95 Å². The number of Topliss-reactive ketones (excluding diaryl/α,β-unsaturated/α-hetero) is 1. The third kappa shape index (κ3) is 3.99. The highest BCUT2D eigenvalue weighted by atomic mass is 16.5.